The first-order valence-corrected chi connectivity index (χ1v) is 10.4. The van der Waals surface area contributed by atoms with Gasteiger partial charge in [-0.25, -0.2) is 14.4 Å². The third kappa shape index (κ3) is 6.75. The number of rotatable bonds is 9. The van der Waals surface area contributed by atoms with E-state index >= 15 is 0 Å². The summed E-state index contributed by atoms with van der Waals surface area (Å²) in [6, 6.07) is 22.1. The van der Waals surface area contributed by atoms with Gasteiger partial charge in [-0.1, -0.05) is 60.7 Å². The fraction of sp³-hybridized carbons (Fsp3) is 0.192. The van der Waals surface area contributed by atoms with Gasteiger partial charge in [0.1, 0.15) is 19.3 Å². The van der Waals surface area contributed by atoms with Crippen LogP contribution in [0.3, 0.4) is 0 Å². The van der Waals surface area contributed by atoms with Crippen molar-refractivity contribution in [2.75, 3.05) is 6.61 Å². The van der Waals surface area contributed by atoms with Crippen molar-refractivity contribution in [1.82, 2.24) is 0 Å². The van der Waals surface area contributed by atoms with Crippen LogP contribution in [0.4, 0.5) is 0 Å². The molecule has 0 heterocycles. The van der Waals surface area contributed by atoms with Crippen molar-refractivity contribution in [3.63, 3.8) is 0 Å². The maximum Gasteiger partial charge on any atom is 0.339 e. The van der Waals surface area contributed by atoms with Crippen molar-refractivity contribution in [3.8, 4) is 0 Å². The molecule has 1 N–H and O–H groups in total. The van der Waals surface area contributed by atoms with Crippen molar-refractivity contribution in [3.05, 3.63) is 107 Å². The van der Waals surface area contributed by atoms with Gasteiger partial charge in [0.05, 0.1) is 23.3 Å². The summed E-state index contributed by atoms with van der Waals surface area (Å²) < 4.78 is 15.8. The quantitative estimate of drug-likeness (QED) is 0.391. The summed E-state index contributed by atoms with van der Waals surface area (Å²) >= 11 is 0. The Morgan fingerprint density at radius 3 is 1.76 bits per heavy atom. The van der Waals surface area contributed by atoms with E-state index in [9.17, 15) is 14.4 Å². The molecule has 0 saturated heterocycles. The molecule has 1 atom stereocenters. The Bertz CT molecular complexity index is 1090. The lowest BCUT2D eigenvalue weighted by atomic mass is 10.0. The summed E-state index contributed by atoms with van der Waals surface area (Å²) in [5, 5.41) is 9.11. The number of aliphatic hydroxyl groups excluding tert-OH is 1. The molecule has 0 aliphatic rings. The van der Waals surface area contributed by atoms with Gasteiger partial charge in [0.15, 0.2) is 0 Å². The average Bonchev–Trinajstić information content (AvgIpc) is 2.86. The van der Waals surface area contributed by atoms with E-state index in [-0.39, 0.29) is 36.5 Å². The average molecular weight is 448 g/mol. The van der Waals surface area contributed by atoms with Crippen molar-refractivity contribution >= 4 is 17.9 Å². The summed E-state index contributed by atoms with van der Waals surface area (Å²) in [5.41, 5.74) is 1.45. The van der Waals surface area contributed by atoms with E-state index in [1.807, 2.05) is 48.5 Å². The van der Waals surface area contributed by atoms with Crippen molar-refractivity contribution in [2.45, 2.75) is 26.2 Å². The lowest BCUT2D eigenvalue weighted by molar-refractivity contribution is 0.0196. The zero-order chi connectivity index (χ0) is 23.6. The topological polar surface area (TPSA) is 99.1 Å². The minimum atomic E-state index is -0.782. The Kier molecular flexibility index (Phi) is 8.32. The molecule has 0 aliphatic carbocycles. The van der Waals surface area contributed by atoms with Crippen LogP contribution in [0.1, 0.15) is 49.1 Å². The van der Waals surface area contributed by atoms with Gasteiger partial charge >= 0.3 is 17.9 Å². The number of hydrogen-bond acceptors (Lipinski definition) is 7. The molecule has 3 aromatic rings. The summed E-state index contributed by atoms with van der Waals surface area (Å²) in [6.07, 6.45) is -0.721. The fourth-order valence-corrected chi connectivity index (χ4v) is 2.91. The lowest BCUT2D eigenvalue weighted by Gasteiger charge is -2.13. The normalized spacial score (nSPS) is 11.3. The molecule has 3 rings (SSSR count). The molecule has 0 amide bonds. The first-order valence-electron chi connectivity index (χ1n) is 10.4. The molecular weight excluding hydrogens is 424 g/mol. The van der Waals surface area contributed by atoms with Crippen molar-refractivity contribution < 1.29 is 33.7 Å². The van der Waals surface area contributed by atoms with Gasteiger partial charge in [0.2, 0.25) is 0 Å². The predicted octanol–water partition coefficient (Wildman–Crippen LogP) is 3.94. The van der Waals surface area contributed by atoms with E-state index in [0.717, 1.165) is 11.1 Å². The van der Waals surface area contributed by atoms with E-state index < -0.39 is 24.0 Å². The zero-order valence-corrected chi connectivity index (χ0v) is 18.1. The Labute approximate surface area is 191 Å². The molecule has 0 bridgehead atoms. The molecule has 0 spiro atoms. The maximum atomic E-state index is 12.8. The van der Waals surface area contributed by atoms with Gasteiger partial charge < -0.3 is 19.3 Å². The van der Waals surface area contributed by atoms with Crippen LogP contribution in [0, 0.1) is 0 Å². The van der Waals surface area contributed by atoms with Gasteiger partial charge in [0, 0.05) is 0 Å². The second-order valence-electron chi connectivity index (χ2n) is 7.28. The molecule has 0 aromatic heterocycles. The van der Waals surface area contributed by atoms with Crippen LogP contribution in [-0.2, 0) is 27.4 Å². The first-order chi connectivity index (χ1) is 16.0. The highest BCUT2D eigenvalue weighted by atomic mass is 16.6. The molecule has 0 aliphatic heterocycles. The van der Waals surface area contributed by atoms with Crippen LogP contribution in [0.25, 0.3) is 0 Å². The van der Waals surface area contributed by atoms with Crippen molar-refractivity contribution in [2.24, 2.45) is 0 Å². The third-order valence-electron chi connectivity index (χ3n) is 4.69. The second-order valence-corrected chi connectivity index (χ2v) is 7.28. The molecule has 1 unspecified atom stereocenters. The number of aliphatic hydroxyl groups is 1. The highest BCUT2D eigenvalue weighted by molar-refractivity contribution is 6.05. The van der Waals surface area contributed by atoms with Crippen LogP contribution < -0.4 is 0 Å². The van der Waals surface area contributed by atoms with Crippen LogP contribution in [0.15, 0.2) is 78.9 Å². The van der Waals surface area contributed by atoms with Crippen molar-refractivity contribution in [1.29, 1.82) is 0 Å². The Morgan fingerprint density at radius 2 is 1.24 bits per heavy atom. The number of carbonyl (C=O) groups is 3. The van der Waals surface area contributed by atoms with Crippen LogP contribution >= 0.6 is 0 Å². The maximum absolute atomic E-state index is 12.8. The number of ether oxygens (including phenoxy) is 3. The molecule has 3 aromatic carbocycles. The van der Waals surface area contributed by atoms with Crippen LogP contribution in [-0.4, -0.2) is 35.7 Å². The van der Waals surface area contributed by atoms with Gasteiger partial charge in [-0.2, -0.15) is 0 Å². The molecule has 170 valence electrons. The van der Waals surface area contributed by atoms with Gasteiger partial charge in [-0.15, -0.1) is 0 Å². The fourth-order valence-electron chi connectivity index (χ4n) is 2.91. The van der Waals surface area contributed by atoms with E-state index in [1.165, 1.54) is 25.1 Å². The number of carbonyl (C=O) groups excluding carboxylic acids is 3. The predicted molar refractivity (Wildman–Crippen MR) is 120 cm³/mol. The number of hydrogen-bond donors (Lipinski definition) is 1. The van der Waals surface area contributed by atoms with E-state index in [0.29, 0.717) is 0 Å². The number of benzene rings is 3. The van der Waals surface area contributed by atoms with E-state index in [1.54, 1.807) is 12.1 Å². The lowest BCUT2D eigenvalue weighted by Crippen LogP contribution is -2.20. The molecular formula is C26H24O7. The van der Waals surface area contributed by atoms with Gasteiger partial charge in [-0.05, 0) is 36.2 Å². The molecule has 33 heavy (non-hydrogen) atoms. The minimum Gasteiger partial charge on any atom is -0.457 e. The summed E-state index contributed by atoms with van der Waals surface area (Å²) in [5.74, 6) is -2.25. The van der Waals surface area contributed by atoms with E-state index in [4.69, 9.17) is 19.3 Å². The zero-order valence-electron chi connectivity index (χ0n) is 18.1. The Balaban J connectivity index is 1.82. The van der Waals surface area contributed by atoms with Crippen LogP contribution in [0.2, 0.25) is 0 Å². The summed E-state index contributed by atoms with van der Waals surface area (Å²) in [7, 11) is 0. The first kappa shape index (κ1) is 23.7. The highest BCUT2D eigenvalue weighted by Gasteiger charge is 2.23. The highest BCUT2D eigenvalue weighted by Crippen LogP contribution is 2.18. The summed E-state index contributed by atoms with van der Waals surface area (Å²) in [4.78, 5) is 38.0. The Morgan fingerprint density at radius 1 is 0.727 bits per heavy atom. The second kappa shape index (κ2) is 11.6. The monoisotopic (exact) mass is 448 g/mol. The Hall–Kier alpha value is -3.97. The van der Waals surface area contributed by atoms with E-state index in [2.05, 4.69) is 0 Å². The molecule has 7 heteroatoms. The third-order valence-corrected chi connectivity index (χ3v) is 4.69. The van der Waals surface area contributed by atoms with Gasteiger partial charge in [-0.3, -0.25) is 0 Å². The summed E-state index contributed by atoms with van der Waals surface area (Å²) in [6.45, 7) is 1.20. The molecule has 7 nitrogen and oxygen atoms in total. The standard InChI is InChI=1S/C26H24O7/c1-18(15-27)33-24(28)21-12-13-22(25(29)31-16-19-8-4-2-5-9-19)23(14-21)26(30)32-17-20-10-6-3-7-11-20/h2-14,18,27H,15-17H2,1H3. The van der Waals surface area contributed by atoms with Gasteiger partial charge in [0.25, 0.3) is 0 Å². The molecule has 0 saturated carbocycles. The minimum absolute atomic E-state index is 0.00556. The molecule has 0 radical (unpaired) electrons. The number of esters is 3. The smallest absolute Gasteiger partial charge is 0.339 e. The van der Waals surface area contributed by atoms with Crippen LogP contribution in [0.5, 0.6) is 0 Å². The largest absolute Gasteiger partial charge is 0.457 e. The molecule has 0 fully saturated rings. The SMILES string of the molecule is CC(CO)OC(=O)c1ccc(C(=O)OCc2ccccc2)c(C(=O)OCc2ccccc2)c1.